The molecule has 0 aromatic carbocycles. The van der Waals surface area contributed by atoms with Crippen LogP contribution in [0.2, 0.25) is 0 Å². The Kier molecular flexibility index (Phi) is 3.90. The number of nitrogens with zero attached hydrogens (tertiary/aromatic N) is 1. The fourth-order valence-electron chi connectivity index (χ4n) is 2.08. The largest absolute Gasteiger partial charge is 0.478 e. The first-order valence-corrected chi connectivity index (χ1v) is 6.28. The number of nitrogen functional groups attached to an aromatic ring is 1. The number of methoxy groups -OCH3 is 1. The van der Waals surface area contributed by atoms with Gasteiger partial charge in [0.1, 0.15) is 5.82 Å². The van der Waals surface area contributed by atoms with Crippen molar-refractivity contribution in [2.45, 2.75) is 19.3 Å². The summed E-state index contributed by atoms with van der Waals surface area (Å²) >= 11 is 0. The average molecular weight is 265 g/mol. The highest BCUT2D eigenvalue weighted by Gasteiger charge is 2.41. The van der Waals surface area contributed by atoms with Crippen molar-refractivity contribution in [2.24, 2.45) is 5.41 Å². The minimum atomic E-state index is -1.04. The van der Waals surface area contributed by atoms with Crippen LogP contribution in [0.4, 0.5) is 11.5 Å². The van der Waals surface area contributed by atoms with E-state index in [1.54, 1.807) is 7.11 Å². The van der Waals surface area contributed by atoms with E-state index < -0.39 is 5.97 Å². The number of aromatic carboxylic acids is 1. The third-order valence-corrected chi connectivity index (χ3v) is 3.64. The van der Waals surface area contributed by atoms with Gasteiger partial charge in [-0.1, -0.05) is 0 Å². The molecule has 0 spiro atoms. The number of anilines is 2. The first kappa shape index (κ1) is 13.6. The summed E-state index contributed by atoms with van der Waals surface area (Å²) in [5, 5.41) is 12.2. The predicted molar refractivity (Wildman–Crippen MR) is 72.3 cm³/mol. The first-order chi connectivity index (χ1) is 9.08. The van der Waals surface area contributed by atoms with Crippen molar-refractivity contribution >= 4 is 17.5 Å². The molecule has 1 fully saturated rings. The van der Waals surface area contributed by atoms with E-state index in [-0.39, 0.29) is 16.7 Å². The molecule has 19 heavy (non-hydrogen) atoms. The third kappa shape index (κ3) is 3.14. The van der Waals surface area contributed by atoms with E-state index in [2.05, 4.69) is 10.3 Å². The highest BCUT2D eigenvalue weighted by Crippen LogP contribution is 2.48. The minimum Gasteiger partial charge on any atom is -0.478 e. The maximum atomic E-state index is 11.0. The molecule has 0 unspecified atom stereocenters. The number of ether oxygens (including phenoxy) is 1. The van der Waals surface area contributed by atoms with Crippen LogP contribution in [0, 0.1) is 5.41 Å². The van der Waals surface area contributed by atoms with Gasteiger partial charge in [-0.05, 0) is 30.7 Å². The maximum absolute atomic E-state index is 11.0. The molecule has 1 saturated carbocycles. The van der Waals surface area contributed by atoms with E-state index in [9.17, 15) is 4.79 Å². The topological polar surface area (TPSA) is 97.5 Å². The van der Waals surface area contributed by atoms with Crippen molar-refractivity contribution in [1.82, 2.24) is 4.98 Å². The Morgan fingerprint density at radius 1 is 1.63 bits per heavy atom. The highest BCUT2D eigenvalue weighted by molar-refractivity contribution is 5.96. The summed E-state index contributed by atoms with van der Waals surface area (Å²) in [6.45, 7) is 1.48. The number of nitrogens with one attached hydrogen (secondary N) is 1. The summed E-state index contributed by atoms with van der Waals surface area (Å²) in [5.74, 6) is -0.591. The van der Waals surface area contributed by atoms with E-state index in [0.29, 0.717) is 5.82 Å². The molecule has 2 rings (SSSR count). The van der Waals surface area contributed by atoms with Crippen molar-refractivity contribution in [1.29, 1.82) is 0 Å². The Hall–Kier alpha value is -1.82. The molecule has 1 aliphatic carbocycles. The monoisotopic (exact) mass is 265 g/mol. The van der Waals surface area contributed by atoms with Crippen LogP contribution >= 0.6 is 0 Å². The Morgan fingerprint density at radius 3 is 2.95 bits per heavy atom. The second kappa shape index (κ2) is 5.44. The van der Waals surface area contributed by atoms with Crippen LogP contribution in [0.5, 0.6) is 0 Å². The Bertz CT molecular complexity index is 472. The lowest BCUT2D eigenvalue weighted by atomic mass is 10.0. The van der Waals surface area contributed by atoms with Gasteiger partial charge in [-0.15, -0.1) is 0 Å². The van der Waals surface area contributed by atoms with Crippen LogP contribution in [0.25, 0.3) is 0 Å². The molecule has 4 N–H and O–H groups in total. The summed E-state index contributed by atoms with van der Waals surface area (Å²) < 4.78 is 5.10. The number of pyridine rings is 1. The summed E-state index contributed by atoms with van der Waals surface area (Å²) in [6, 6.07) is 1.40. The zero-order chi connectivity index (χ0) is 13.9. The lowest BCUT2D eigenvalue weighted by Gasteiger charge is -2.17. The molecule has 0 saturated heterocycles. The normalized spacial score (nSPS) is 16.1. The zero-order valence-corrected chi connectivity index (χ0v) is 11.0. The van der Waals surface area contributed by atoms with Crippen LogP contribution in [-0.4, -0.2) is 36.3 Å². The quantitative estimate of drug-likeness (QED) is 0.692. The number of aromatic nitrogens is 1. The van der Waals surface area contributed by atoms with E-state index in [1.807, 2.05) is 0 Å². The second-order valence-corrected chi connectivity index (χ2v) is 5.02. The lowest BCUT2D eigenvalue weighted by Crippen LogP contribution is -2.19. The van der Waals surface area contributed by atoms with Gasteiger partial charge in [0.25, 0.3) is 0 Å². The van der Waals surface area contributed by atoms with Gasteiger partial charge in [-0.2, -0.15) is 0 Å². The third-order valence-electron chi connectivity index (χ3n) is 3.64. The van der Waals surface area contributed by atoms with Crippen LogP contribution in [0.1, 0.15) is 29.6 Å². The molecule has 0 bridgehead atoms. The molecule has 0 radical (unpaired) electrons. The molecule has 1 aromatic heterocycles. The molecular weight excluding hydrogens is 246 g/mol. The molecule has 0 amide bonds. The standard InChI is InChI=1S/C13H19N3O3/c1-19-7-5-13(3-4-13)8-16-11-10(14)9(12(17)18)2-6-15-11/h2,6H,3-5,7-8,14H2,1H3,(H,15,16)(H,17,18). The first-order valence-electron chi connectivity index (χ1n) is 6.28. The molecule has 1 heterocycles. The molecule has 6 heteroatoms. The second-order valence-electron chi connectivity index (χ2n) is 5.02. The van der Waals surface area contributed by atoms with Gasteiger partial charge in [0.2, 0.25) is 0 Å². The Labute approximate surface area is 112 Å². The maximum Gasteiger partial charge on any atom is 0.337 e. The van der Waals surface area contributed by atoms with Crippen LogP contribution in [0.15, 0.2) is 12.3 Å². The summed E-state index contributed by atoms with van der Waals surface area (Å²) in [4.78, 5) is 15.1. The van der Waals surface area contributed by atoms with Gasteiger partial charge in [0.15, 0.2) is 0 Å². The van der Waals surface area contributed by atoms with E-state index in [0.717, 1.165) is 32.4 Å². The summed E-state index contributed by atoms with van der Waals surface area (Å²) in [6.07, 6.45) is 4.76. The molecule has 1 aliphatic rings. The van der Waals surface area contributed by atoms with Gasteiger partial charge in [0.05, 0.1) is 11.3 Å². The number of nitrogens with two attached hydrogens (primary N) is 1. The van der Waals surface area contributed by atoms with Crippen LogP contribution < -0.4 is 11.1 Å². The van der Waals surface area contributed by atoms with Gasteiger partial charge in [-0.25, -0.2) is 9.78 Å². The molecule has 104 valence electrons. The average Bonchev–Trinajstić information content (AvgIpc) is 3.15. The number of carboxylic acids is 1. The number of carbonyl (C=O) groups is 1. The van der Waals surface area contributed by atoms with Crippen molar-refractivity contribution in [3.05, 3.63) is 17.8 Å². The van der Waals surface area contributed by atoms with E-state index in [1.165, 1.54) is 12.3 Å². The van der Waals surface area contributed by atoms with Gasteiger partial charge >= 0.3 is 5.97 Å². The van der Waals surface area contributed by atoms with Crippen molar-refractivity contribution in [3.8, 4) is 0 Å². The van der Waals surface area contributed by atoms with Gasteiger partial charge in [-0.3, -0.25) is 0 Å². The van der Waals surface area contributed by atoms with E-state index >= 15 is 0 Å². The van der Waals surface area contributed by atoms with Crippen LogP contribution in [-0.2, 0) is 4.74 Å². The minimum absolute atomic E-state index is 0.0826. The molecular formula is C13H19N3O3. The smallest absolute Gasteiger partial charge is 0.337 e. The number of hydrogen-bond acceptors (Lipinski definition) is 5. The molecule has 0 atom stereocenters. The van der Waals surface area contributed by atoms with E-state index in [4.69, 9.17) is 15.6 Å². The fourth-order valence-corrected chi connectivity index (χ4v) is 2.08. The van der Waals surface area contributed by atoms with Crippen LogP contribution in [0.3, 0.4) is 0 Å². The Morgan fingerprint density at radius 2 is 2.37 bits per heavy atom. The molecule has 6 nitrogen and oxygen atoms in total. The van der Waals surface area contributed by atoms with Crippen molar-refractivity contribution in [3.63, 3.8) is 0 Å². The number of hydrogen-bond donors (Lipinski definition) is 3. The van der Waals surface area contributed by atoms with Crippen molar-refractivity contribution < 1.29 is 14.6 Å². The molecule has 0 aliphatic heterocycles. The summed E-state index contributed by atoms with van der Waals surface area (Å²) in [5.41, 5.74) is 6.33. The number of carboxylic acid groups (broad SMARTS) is 1. The lowest BCUT2D eigenvalue weighted by molar-refractivity contribution is 0.0698. The molecule has 1 aromatic rings. The van der Waals surface area contributed by atoms with Crippen molar-refractivity contribution in [2.75, 3.05) is 31.3 Å². The zero-order valence-electron chi connectivity index (χ0n) is 11.0. The highest BCUT2D eigenvalue weighted by atomic mass is 16.5. The Balaban J connectivity index is 2.00. The number of rotatable bonds is 7. The van der Waals surface area contributed by atoms with Gasteiger partial charge < -0.3 is 20.9 Å². The SMILES string of the molecule is COCCC1(CNc2nccc(C(=O)O)c2N)CC1. The predicted octanol–water partition coefficient (Wildman–Crippen LogP) is 1.59. The van der Waals surface area contributed by atoms with Gasteiger partial charge in [0, 0.05) is 26.5 Å². The fraction of sp³-hybridized carbons (Fsp3) is 0.538. The summed E-state index contributed by atoms with van der Waals surface area (Å²) in [7, 11) is 1.69.